The van der Waals surface area contributed by atoms with Gasteiger partial charge in [0.25, 0.3) is 0 Å². The van der Waals surface area contributed by atoms with Crippen LogP contribution in [0.2, 0.25) is 0 Å². The normalized spacial score (nSPS) is 19.6. The number of aromatic nitrogens is 1. The molecule has 1 fully saturated rings. The van der Waals surface area contributed by atoms with Gasteiger partial charge in [0.2, 0.25) is 0 Å². The number of ketones is 1. The van der Waals surface area contributed by atoms with Gasteiger partial charge in [-0.15, -0.1) is 0 Å². The molecule has 94 valence electrons. The van der Waals surface area contributed by atoms with Gasteiger partial charge in [0.15, 0.2) is 5.78 Å². The first-order valence-electron chi connectivity index (χ1n) is 6.22. The van der Waals surface area contributed by atoms with E-state index in [-0.39, 0.29) is 11.8 Å². The summed E-state index contributed by atoms with van der Waals surface area (Å²) in [7, 11) is 0. The van der Waals surface area contributed by atoms with E-state index in [2.05, 4.69) is 26.2 Å². The van der Waals surface area contributed by atoms with Crippen molar-refractivity contribution in [1.29, 1.82) is 0 Å². The van der Waals surface area contributed by atoms with Crippen LogP contribution in [0.3, 0.4) is 0 Å². The number of nitrogens with one attached hydrogen (secondary N) is 2. The SMILES string of the molecule is Cc1[nH]c2cc(Br)ccc2c1C(=O)C1CCCN1. The minimum Gasteiger partial charge on any atom is -0.358 e. The number of hydrogen-bond acceptors (Lipinski definition) is 2. The Labute approximate surface area is 114 Å². The summed E-state index contributed by atoms with van der Waals surface area (Å²) in [5.41, 5.74) is 2.82. The van der Waals surface area contributed by atoms with E-state index in [4.69, 9.17) is 0 Å². The fourth-order valence-electron chi connectivity index (χ4n) is 2.70. The molecule has 4 heteroatoms. The molecule has 1 saturated heterocycles. The third kappa shape index (κ3) is 1.89. The zero-order valence-electron chi connectivity index (χ0n) is 10.2. The molecule has 2 aromatic rings. The maximum atomic E-state index is 12.5. The number of aryl methyl sites for hydroxylation is 1. The zero-order valence-corrected chi connectivity index (χ0v) is 11.8. The van der Waals surface area contributed by atoms with Crippen LogP contribution in [0.25, 0.3) is 10.9 Å². The summed E-state index contributed by atoms with van der Waals surface area (Å²) in [5, 5.41) is 4.30. The van der Waals surface area contributed by atoms with E-state index in [1.54, 1.807) is 0 Å². The molecule has 0 radical (unpaired) electrons. The van der Waals surface area contributed by atoms with Gasteiger partial charge in [-0.25, -0.2) is 0 Å². The highest BCUT2D eigenvalue weighted by Gasteiger charge is 2.26. The van der Waals surface area contributed by atoms with E-state index in [0.29, 0.717) is 0 Å². The minimum absolute atomic E-state index is 0.00801. The molecule has 0 amide bonds. The molecule has 0 spiro atoms. The summed E-state index contributed by atoms with van der Waals surface area (Å²) in [5.74, 6) is 0.221. The lowest BCUT2D eigenvalue weighted by atomic mass is 10.00. The molecule has 0 saturated carbocycles. The molecule has 0 bridgehead atoms. The van der Waals surface area contributed by atoms with Gasteiger partial charge in [0.05, 0.1) is 6.04 Å². The Bertz CT molecular complexity index is 612. The van der Waals surface area contributed by atoms with Crippen molar-refractivity contribution < 1.29 is 4.79 Å². The molecule has 2 N–H and O–H groups in total. The second-order valence-electron chi connectivity index (χ2n) is 4.83. The number of Topliss-reactive ketones (excluding diaryl/α,β-unsaturated/α-hetero) is 1. The largest absolute Gasteiger partial charge is 0.358 e. The van der Waals surface area contributed by atoms with Gasteiger partial charge in [0, 0.05) is 26.6 Å². The lowest BCUT2D eigenvalue weighted by molar-refractivity contribution is 0.0953. The third-order valence-corrected chi connectivity index (χ3v) is 4.06. The summed E-state index contributed by atoms with van der Waals surface area (Å²) < 4.78 is 1.02. The number of halogens is 1. The third-order valence-electron chi connectivity index (χ3n) is 3.57. The van der Waals surface area contributed by atoms with Crippen molar-refractivity contribution >= 4 is 32.6 Å². The predicted octanol–water partition coefficient (Wildman–Crippen LogP) is 3.17. The van der Waals surface area contributed by atoms with Gasteiger partial charge in [-0.2, -0.15) is 0 Å². The number of aromatic amines is 1. The van der Waals surface area contributed by atoms with Crippen LogP contribution in [0.1, 0.15) is 28.9 Å². The first kappa shape index (κ1) is 11.9. The lowest BCUT2D eigenvalue weighted by Gasteiger charge is -2.09. The van der Waals surface area contributed by atoms with Crippen molar-refractivity contribution in [2.75, 3.05) is 6.54 Å². The van der Waals surface area contributed by atoms with Crippen LogP contribution in [-0.2, 0) is 0 Å². The maximum Gasteiger partial charge on any atom is 0.182 e. The highest BCUT2D eigenvalue weighted by atomic mass is 79.9. The summed E-state index contributed by atoms with van der Waals surface area (Å²) in [6, 6.07) is 5.99. The molecule has 1 aromatic carbocycles. The van der Waals surface area contributed by atoms with E-state index in [0.717, 1.165) is 46.0 Å². The van der Waals surface area contributed by atoms with Crippen LogP contribution in [-0.4, -0.2) is 23.4 Å². The van der Waals surface area contributed by atoms with Crippen LogP contribution in [0.4, 0.5) is 0 Å². The van der Waals surface area contributed by atoms with Crippen molar-refractivity contribution in [3.05, 3.63) is 33.9 Å². The second-order valence-corrected chi connectivity index (χ2v) is 5.74. The van der Waals surface area contributed by atoms with Crippen molar-refractivity contribution in [3.8, 4) is 0 Å². The quantitative estimate of drug-likeness (QED) is 0.837. The van der Waals surface area contributed by atoms with E-state index in [1.807, 2.05) is 25.1 Å². The van der Waals surface area contributed by atoms with E-state index in [9.17, 15) is 4.79 Å². The monoisotopic (exact) mass is 306 g/mol. The Morgan fingerprint density at radius 3 is 3.00 bits per heavy atom. The topological polar surface area (TPSA) is 44.9 Å². The van der Waals surface area contributed by atoms with Crippen molar-refractivity contribution in [2.24, 2.45) is 0 Å². The first-order valence-corrected chi connectivity index (χ1v) is 7.01. The molecule has 1 aromatic heterocycles. The number of fused-ring (bicyclic) bond motifs is 1. The van der Waals surface area contributed by atoms with Gasteiger partial charge in [-0.1, -0.05) is 22.0 Å². The number of H-pyrrole nitrogens is 1. The molecule has 1 aliphatic rings. The average Bonchev–Trinajstić information content (AvgIpc) is 2.94. The van der Waals surface area contributed by atoms with E-state index in [1.165, 1.54) is 0 Å². The smallest absolute Gasteiger partial charge is 0.182 e. The number of hydrogen-bond donors (Lipinski definition) is 2. The van der Waals surface area contributed by atoms with Gasteiger partial charge in [0.1, 0.15) is 0 Å². The molecular formula is C14H15BrN2O. The molecule has 1 atom stereocenters. The zero-order chi connectivity index (χ0) is 12.7. The molecule has 18 heavy (non-hydrogen) atoms. The number of benzene rings is 1. The Morgan fingerprint density at radius 2 is 2.28 bits per heavy atom. The Morgan fingerprint density at radius 1 is 1.44 bits per heavy atom. The van der Waals surface area contributed by atoms with E-state index >= 15 is 0 Å². The number of rotatable bonds is 2. The Kier molecular flexibility index (Phi) is 2.99. The number of carbonyl (C=O) groups is 1. The van der Waals surface area contributed by atoms with Gasteiger partial charge >= 0.3 is 0 Å². The van der Waals surface area contributed by atoms with Gasteiger partial charge in [-0.3, -0.25) is 4.79 Å². The lowest BCUT2D eigenvalue weighted by Crippen LogP contribution is -2.31. The van der Waals surface area contributed by atoms with Crippen LogP contribution >= 0.6 is 15.9 Å². The van der Waals surface area contributed by atoms with Crippen LogP contribution in [0.15, 0.2) is 22.7 Å². The fraction of sp³-hybridized carbons (Fsp3) is 0.357. The molecule has 3 nitrogen and oxygen atoms in total. The maximum absolute atomic E-state index is 12.5. The summed E-state index contributed by atoms with van der Waals surface area (Å²) in [4.78, 5) is 15.8. The highest BCUT2D eigenvalue weighted by Crippen LogP contribution is 2.27. The van der Waals surface area contributed by atoms with Crippen molar-refractivity contribution in [1.82, 2.24) is 10.3 Å². The molecule has 1 unspecified atom stereocenters. The Hall–Kier alpha value is -1.13. The Balaban J connectivity index is 2.10. The van der Waals surface area contributed by atoms with Gasteiger partial charge < -0.3 is 10.3 Å². The van der Waals surface area contributed by atoms with Crippen LogP contribution in [0, 0.1) is 6.92 Å². The fourth-order valence-corrected chi connectivity index (χ4v) is 3.07. The molecule has 1 aliphatic heterocycles. The summed E-state index contributed by atoms with van der Waals surface area (Å²) >= 11 is 3.45. The number of carbonyl (C=O) groups excluding carboxylic acids is 1. The van der Waals surface area contributed by atoms with Crippen molar-refractivity contribution in [2.45, 2.75) is 25.8 Å². The first-order chi connectivity index (χ1) is 8.66. The highest BCUT2D eigenvalue weighted by molar-refractivity contribution is 9.10. The summed E-state index contributed by atoms with van der Waals surface area (Å²) in [6.07, 6.45) is 2.03. The molecular weight excluding hydrogens is 292 g/mol. The predicted molar refractivity (Wildman–Crippen MR) is 76.1 cm³/mol. The summed E-state index contributed by atoms with van der Waals surface area (Å²) in [6.45, 7) is 2.92. The van der Waals surface area contributed by atoms with Crippen LogP contribution in [0.5, 0.6) is 0 Å². The standard InChI is InChI=1S/C14H15BrN2O/c1-8-13(14(18)11-3-2-6-16-11)10-5-4-9(15)7-12(10)17-8/h4-5,7,11,16-17H,2-3,6H2,1H3. The van der Waals surface area contributed by atoms with Crippen molar-refractivity contribution in [3.63, 3.8) is 0 Å². The van der Waals surface area contributed by atoms with Crippen LogP contribution < -0.4 is 5.32 Å². The molecule has 0 aliphatic carbocycles. The van der Waals surface area contributed by atoms with E-state index < -0.39 is 0 Å². The second kappa shape index (κ2) is 4.52. The average molecular weight is 307 g/mol. The van der Waals surface area contributed by atoms with Gasteiger partial charge in [-0.05, 0) is 38.4 Å². The molecule has 3 rings (SSSR count). The molecule has 2 heterocycles. The minimum atomic E-state index is -0.00801.